The first-order chi connectivity index (χ1) is 18.4. The zero-order valence-corrected chi connectivity index (χ0v) is 22.1. The van der Waals surface area contributed by atoms with Gasteiger partial charge in [-0.15, -0.1) is 0 Å². The van der Waals surface area contributed by atoms with Crippen molar-refractivity contribution in [3.8, 4) is 11.1 Å². The maximum absolute atomic E-state index is 12.4. The number of benzene rings is 1. The van der Waals surface area contributed by atoms with Crippen molar-refractivity contribution < 1.29 is 9.53 Å². The van der Waals surface area contributed by atoms with Crippen molar-refractivity contribution in [2.24, 2.45) is 16.6 Å². The molecule has 0 spiro atoms. The molecule has 10 nitrogen and oxygen atoms in total. The molecule has 198 valence electrons. The molecule has 10 heteroatoms. The Morgan fingerprint density at radius 3 is 2.74 bits per heavy atom. The third kappa shape index (κ3) is 5.75. The second-order valence-corrected chi connectivity index (χ2v) is 10.1. The number of carbonyl (C=O) groups excluding carboxylic acids is 1. The van der Waals surface area contributed by atoms with Gasteiger partial charge in [0, 0.05) is 55.8 Å². The lowest BCUT2D eigenvalue weighted by molar-refractivity contribution is -0.116. The highest BCUT2D eigenvalue weighted by atomic mass is 16.5. The van der Waals surface area contributed by atoms with Crippen LogP contribution < -0.4 is 16.0 Å². The number of fused-ring (bicyclic) bond motifs is 1. The number of likely N-dealkylation sites (N-methyl/N-ethyl adjacent to an activating group) is 1. The lowest BCUT2D eigenvalue weighted by atomic mass is 10.1. The van der Waals surface area contributed by atoms with Crippen molar-refractivity contribution in [3.63, 3.8) is 0 Å². The molecule has 2 aromatic heterocycles. The Labute approximate surface area is 222 Å². The van der Waals surface area contributed by atoms with Crippen molar-refractivity contribution in [2.45, 2.75) is 26.7 Å². The smallest absolute Gasteiger partial charge is 0.224 e. The fourth-order valence-corrected chi connectivity index (χ4v) is 4.47. The molecule has 1 fully saturated rings. The van der Waals surface area contributed by atoms with E-state index in [9.17, 15) is 4.79 Å². The molecule has 0 radical (unpaired) electrons. The maximum atomic E-state index is 12.4. The summed E-state index contributed by atoms with van der Waals surface area (Å²) < 4.78 is 5.56. The van der Waals surface area contributed by atoms with E-state index in [1.807, 2.05) is 48.5 Å². The number of amides is 1. The molecule has 5 rings (SSSR count). The van der Waals surface area contributed by atoms with Crippen molar-refractivity contribution in [1.82, 2.24) is 19.9 Å². The van der Waals surface area contributed by atoms with Crippen LogP contribution in [0.1, 0.15) is 32.5 Å². The maximum Gasteiger partial charge on any atom is 0.224 e. The van der Waals surface area contributed by atoms with Crippen LogP contribution in [0.4, 0.5) is 11.5 Å². The van der Waals surface area contributed by atoms with Gasteiger partial charge in [0.1, 0.15) is 5.52 Å². The molecule has 1 amide bonds. The predicted molar refractivity (Wildman–Crippen MR) is 151 cm³/mol. The quantitative estimate of drug-likeness (QED) is 0.491. The minimum absolute atomic E-state index is 0.0223. The highest BCUT2D eigenvalue weighted by molar-refractivity contribution is 5.93. The minimum atomic E-state index is 0.0223. The number of guanidine groups is 1. The van der Waals surface area contributed by atoms with Gasteiger partial charge < -0.3 is 25.6 Å². The minimum Gasteiger partial charge on any atom is -0.378 e. The first-order valence-electron chi connectivity index (χ1n) is 13.0. The zero-order chi connectivity index (χ0) is 26.6. The van der Waals surface area contributed by atoms with Gasteiger partial charge in [0.2, 0.25) is 5.91 Å². The molecular weight excluding hydrogens is 480 g/mol. The average molecular weight is 515 g/mol. The van der Waals surface area contributed by atoms with Gasteiger partial charge in [-0.2, -0.15) is 0 Å². The van der Waals surface area contributed by atoms with Gasteiger partial charge >= 0.3 is 0 Å². The molecule has 1 aromatic carbocycles. The molecule has 2 aliphatic heterocycles. The number of hydrogen-bond donors (Lipinski definition) is 2. The van der Waals surface area contributed by atoms with Crippen LogP contribution in [-0.4, -0.2) is 71.6 Å². The molecule has 38 heavy (non-hydrogen) atoms. The number of aliphatic imine (C=N–C) groups is 1. The summed E-state index contributed by atoms with van der Waals surface area (Å²) in [5.74, 6) is 2.36. The number of nitrogens with one attached hydrogen (secondary N) is 1. The molecule has 0 saturated carbocycles. The van der Waals surface area contributed by atoms with Gasteiger partial charge in [-0.25, -0.2) is 15.0 Å². The second-order valence-electron chi connectivity index (χ2n) is 10.1. The van der Waals surface area contributed by atoms with Crippen LogP contribution in [0.15, 0.2) is 47.7 Å². The van der Waals surface area contributed by atoms with Crippen LogP contribution >= 0.6 is 0 Å². The summed E-state index contributed by atoms with van der Waals surface area (Å²) in [4.78, 5) is 35.4. The van der Waals surface area contributed by atoms with E-state index in [2.05, 4.69) is 29.1 Å². The fraction of sp³-hybridized carbons (Fsp3) is 0.393. The summed E-state index contributed by atoms with van der Waals surface area (Å²) in [6.07, 6.45) is 4.94. The monoisotopic (exact) mass is 514 g/mol. The van der Waals surface area contributed by atoms with Gasteiger partial charge in [0.25, 0.3) is 0 Å². The molecule has 0 aliphatic carbocycles. The molecule has 0 unspecified atom stereocenters. The molecule has 2 aliphatic rings. The SMILES string of the molecule is CC(C)CCC(=O)Nc1cccc(-c2cnc3c(N4CCOCC4)nc(C4=CN=C(N)N(C)C4)nc3c2)c1. The fourth-order valence-electron chi connectivity index (χ4n) is 4.47. The lowest BCUT2D eigenvalue weighted by Crippen LogP contribution is -2.38. The molecule has 3 N–H and O–H groups in total. The summed E-state index contributed by atoms with van der Waals surface area (Å²) in [6, 6.07) is 9.85. The number of nitrogens with two attached hydrogens (primary N) is 1. The average Bonchev–Trinajstić information content (AvgIpc) is 2.93. The second kappa shape index (κ2) is 11.1. The third-order valence-corrected chi connectivity index (χ3v) is 6.70. The Morgan fingerprint density at radius 2 is 1.97 bits per heavy atom. The number of nitrogens with zero attached hydrogens (tertiary/aromatic N) is 6. The lowest BCUT2D eigenvalue weighted by Gasteiger charge is -2.29. The van der Waals surface area contributed by atoms with E-state index < -0.39 is 0 Å². The Kier molecular flexibility index (Phi) is 7.50. The van der Waals surface area contributed by atoms with Crippen molar-refractivity contribution in [2.75, 3.05) is 50.1 Å². The number of ether oxygens (including phenoxy) is 1. The van der Waals surface area contributed by atoms with Gasteiger partial charge in [-0.3, -0.25) is 9.78 Å². The molecule has 4 heterocycles. The van der Waals surface area contributed by atoms with E-state index in [1.165, 1.54) is 0 Å². The normalized spacial score (nSPS) is 16.0. The van der Waals surface area contributed by atoms with Crippen molar-refractivity contribution >= 4 is 40.0 Å². The number of hydrogen-bond acceptors (Lipinski definition) is 9. The highest BCUT2D eigenvalue weighted by Crippen LogP contribution is 2.30. The number of rotatable bonds is 7. The Bertz CT molecular complexity index is 1390. The number of anilines is 2. The van der Waals surface area contributed by atoms with Gasteiger partial charge in [0.15, 0.2) is 17.6 Å². The first-order valence-corrected chi connectivity index (χ1v) is 13.0. The number of pyridine rings is 1. The van der Waals surface area contributed by atoms with Gasteiger partial charge in [-0.1, -0.05) is 26.0 Å². The number of morpholine rings is 1. The highest BCUT2D eigenvalue weighted by Gasteiger charge is 2.22. The number of aromatic nitrogens is 3. The van der Waals surface area contributed by atoms with E-state index in [-0.39, 0.29) is 5.91 Å². The standard InChI is InChI=1S/C28H34N8O2/c1-18(2)7-8-24(37)32-22-6-4-5-19(13-22)20-14-23-25(30-15-20)27(36-9-11-38-12-10-36)34-26(33-23)21-16-31-28(29)35(3)17-21/h4-6,13-16,18H,7-12,17H2,1-3H3,(H2,29,31)(H,32,37). The van der Waals surface area contributed by atoms with Crippen molar-refractivity contribution in [1.29, 1.82) is 0 Å². The van der Waals surface area contributed by atoms with Gasteiger partial charge in [0.05, 0.1) is 25.3 Å². The van der Waals surface area contributed by atoms with E-state index >= 15 is 0 Å². The summed E-state index contributed by atoms with van der Waals surface area (Å²) in [7, 11) is 1.89. The predicted octanol–water partition coefficient (Wildman–Crippen LogP) is 3.50. The van der Waals surface area contributed by atoms with Crippen LogP contribution in [0.2, 0.25) is 0 Å². The van der Waals surface area contributed by atoms with Crippen LogP contribution in [0.5, 0.6) is 0 Å². The third-order valence-electron chi connectivity index (χ3n) is 6.70. The molecule has 0 atom stereocenters. The van der Waals surface area contributed by atoms with E-state index in [0.29, 0.717) is 43.9 Å². The molecular formula is C28H34N8O2. The topological polar surface area (TPSA) is 122 Å². The Hall–Kier alpha value is -4.05. The first kappa shape index (κ1) is 25.6. The van der Waals surface area contributed by atoms with Crippen LogP contribution in [0, 0.1) is 5.92 Å². The molecule has 3 aromatic rings. The summed E-state index contributed by atoms with van der Waals surface area (Å²) >= 11 is 0. The summed E-state index contributed by atoms with van der Waals surface area (Å²) in [6.45, 7) is 7.55. The van der Waals surface area contributed by atoms with Crippen LogP contribution in [-0.2, 0) is 9.53 Å². The Morgan fingerprint density at radius 1 is 1.16 bits per heavy atom. The van der Waals surface area contributed by atoms with E-state index in [0.717, 1.165) is 58.7 Å². The van der Waals surface area contributed by atoms with Crippen LogP contribution in [0.25, 0.3) is 27.7 Å². The van der Waals surface area contributed by atoms with Crippen molar-refractivity contribution in [3.05, 3.63) is 48.6 Å². The summed E-state index contributed by atoms with van der Waals surface area (Å²) in [5, 5.41) is 3.02. The molecule has 0 bridgehead atoms. The van der Waals surface area contributed by atoms with E-state index in [4.69, 9.17) is 25.4 Å². The largest absolute Gasteiger partial charge is 0.378 e. The zero-order valence-electron chi connectivity index (χ0n) is 22.1. The van der Waals surface area contributed by atoms with Crippen LogP contribution in [0.3, 0.4) is 0 Å². The Balaban J connectivity index is 1.51. The van der Waals surface area contributed by atoms with Gasteiger partial charge in [-0.05, 0) is 36.1 Å². The molecule has 1 saturated heterocycles. The summed E-state index contributed by atoms with van der Waals surface area (Å²) in [5.41, 5.74) is 10.9. The number of carbonyl (C=O) groups is 1. The van der Waals surface area contributed by atoms with E-state index in [1.54, 1.807) is 6.20 Å².